The van der Waals surface area contributed by atoms with Crippen molar-refractivity contribution in [1.29, 1.82) is 0 Å². The second kappa shape index (κ2) is 3.29. The van der Waals surface area contributed by atoms with Crippen molar-refractivity contribution in [3.05, 3.63) is 6.92 Å². The summed E-state index contributed by atoms with van der Waals surface area (Å²) in [5, 5.41) is 0. The number of rotatable bonds is 3. The molecule has 1 nitrogen and oxygen atoms in total. The molecule has 0 bridgehead atoms. The minimum Gasteiger partial charge on any atom is -0.324 e. The standard InChI is InChI=1S/C6H14OP/c1-4-8(7,5-2)6-3/h1,4-6H2,2-3H3. The summed E-state index contributed by atoms with van der Waals surface area (Å²) < 4.78 is 11.3. The van der Waals surface area contributed by atoms with E-state index in [0.29, 0.717) is 6.16 Å². The molecule has 1 radical (unpaired) electrons. The van der Waals surface area contributed by atoms with Crippen molar-refractivity contribution < 1.29 is 4.57 Å². The van der Waals surface area contributed by atoms with Gasteiger partial charge in [0.1, 0.15) is 0 Å². The van der Waals surface area contributed by atoms with Gasteiger partial charge in [-0.15, -0.1) is 0 Å². The maximum atomic E-state index is 11.3. The second-order valence-electron chi connectivity index (χ2n) is 1.91. The van der Waals surface area contributed by atoms with E-state index < -0.39 is 7.14 Å². The first-order valence-corrected chi connectivity index (χ1v) is 5.31. The summed E-state index contributed by atoms with van der Waals surface area (Å²) in [4.78, 5) is 0. The van der Waals surface area contributed by atoms with Gasteiger partial charge in [-0.25, -0.2) is 0 Å². The Morgan fingerprint density at radius 3 is 1.75 bits per heavy atom. The molecular formula is C6H14OP. The first kappa shape index (κ1) is 8.23. The molecule has 8 heavy (non-hydrogen) atoms. The minimum absolute atomic E-state index is 0.625. The molecule has 0 aliphatic carbocycles. The van der Waals surface area contributed by atoms with Crippen molar-refractivity contribution in [2.75, 3.05) is 18.5 Å². The van der Waals surface area contributed by atoms with Crippen molar-refractivity contribution in [2.45, 2.75) is 13.8 Å². The fourth-order valence-electron chi connectivity index (χ4n) is 0.540. The third-order valence-corrected chi connectivity index (χ3v) is 4.68. The van der Waals surface area contributed by atoms with Gasteiger partial charge in [0.2, 0.25) is 0 Å². The average molecular weight is 133 g/mol. The molecule has 0 fully saturated rings. The van der Waals surface area contributed by atoms with Gasteiger partial charge < -0.3 is 4.57 Å². The van der Waals surface area contributed by atoms with E-state index in [1.807, 2.05) is 13.8 Å². The molecule has 0 aliphatic heterocycles. The molecule has 0 saturated carbocycles. The monoisotopic (exact) mass is 133 g/mol. The van der Waals surface area contributed by atoms with Gasteiger partial charge in [0.25, 0.3) is 0 Å². The summed E-state index contributed by atoms with van der Waals surface area (Å²) in [7, 11) is -1.77. The minimum atomic E-state index is -1.77. The van der Waals surface area contributed by atoms with E-state index in [2.05, 4.69) is 6.92 Å². The van der Waals surface area contributed by atoms with Crippen LogP contribution in [-0.2, 0) is 4.57 Å². The van der Waals surface area contributed by atoms with Crippen LogP contribution in [0.1, 0.15) is 13.8 Å². The van der Waals surface area contributed by atoms with Crippen LogP contribution in [0.3, 0.4) is 0 Å². The Morgan fingerprint density at radius 2 is 1.75 bits per heavy atom. The molecular weight excluding hydrogens is 119 g/mol. The highest BCUT2D eigenvalue weighted by molar-refractivity contribution is 7.63. The van der Waals surface area contributed by atoms with E-state index in [-0.39, 0.29) is 0 Å². The lowest BCUT2D eigenvalue weighted by Gasteiger charge is -2.08. The zero-order chi connectivity index (χ0) is 6.62. The number of hydrogen-bond donors (Lipinski definition) is 0. The molecule has 0 N–H and O–H groups in total. The first-order chi connectivity index (χ1) is 3.68. The van der Waals surface area contributed by atoms with Crippen molar-refractivity contribution >= 4 is 7.14 Å². The zero-order valence-corrected chi connectivity index (χ0v) is 6.58. The van der Waals surface area contributed by atoms with Crippen LogP contribution in [0.2, 0.25) is 0 Å². The predicted molar refractivity (Wildman–Crippen MR) is 38.9 cm³/mol. The molecule has 49 valence electrons. The molecule has 0 heterocycles. The highest BCUT2D eigenvalue weighted by atomic mass is 31.2. The van der Waals surface area contributed by atoms with Crippen LogP contribution in [0, 0.1) is 6.92 Å². The fourth-order valence-corrected chi connectivity index (χ4v) is 1.62. The summed E-state index contributed by atoms with van der Waals surface area (Å²) in [6.07, 6.45) is 2.25. The van der Waals surface area contributed by atoms with Crippen LogP contribution in [0.15, 0.2) is 0 Å². The fraction of sp³-hybridized carbons (Fsp3) is 0.833. The Morgan fingerprint density at radius 1 is 1.38 bits per heavy atom. The van der Waals surface area contributed by atoms with E-state index in [9.17, 15) is 4.57 Å². The highest BCUT2D eigenvalue weighted by Crippen LogP contribution is 2.43. The maximum Gasteiger partial charge on any atom is 0.0872 e. The highest BCUT2D eigenvalue weighted by Gasteiger charge is 2.11. The Kier molecular flexibility index (Phi) is 3.39. The molecule has 0 spiro atoms. The van der Waals surface area contributed by atoms with Crippen LogP contribution in [0.25, 0.3) is 0 Å². The van der Waals surface area contributed by atoms with Crippen molar-refractivity contribution in [3.8, 4) is 0 Å². The molecule has 2 heteroatoms. The van der Waals surface area contributed by atoms with Crippen LogP contribution < -0.4 is 0 Å². The zero-order valence-electron chi connectivity index (χ0n) is 5.68. The van der Waals surface area contributed by atoms with Crippen LogP contribution in [0.5, 0.6) is 0 Å². The summed E-state index contributed by atoms with van der Waals surface area (Å²) in [6, 6.07) is 0. The molecule has 0 aromatic carbocycles. The normalized spacial score (nSPS) is 11.9. The SMILES string of the molecule is [CH2]CP(=O)(CC)CC. The smallest absolute Gasteiger partial charge is 0.0872 e. The van der Waals surface area contributed by atoms with Crippen LogP contribution in [-0.4, -0.2) is 18.5 Å². The topological polar surface area (TPSA) is 17.1 Å². The average Bonchev–Trinajstić information content (AvgIpc) is 1.87. The Hall–Kier alpha value is 0.230. The van der Waals surface area contributed by atoms with Gasteiger partial charge in [-0.2, -0.15) is 0 Å². The molecule has 0 rings (SSSR count). The lowest BCUT2D eigenvalue weighted by atomic mass is 10.9. The third kappa shape index (κ3) is 2.00. The first-order valence-electron chi connectivity index (χ1n) is 3.05. The quantitative estimate of drug-likeness (QED) is 0.539. The summed E-state index contributed by atoms with van der Waals surface area (Å²) >= 11 is 0. The summed E-state index contributed by atoms with van der Waals surface area (Å²) in [5.41, 5.74) is 0. The second-order valence-corrected chi connectivity index (χ2v) is 5.74. The predicted octanol–water partition coefficient (Wildman–Crippen LogP) is 2.22. The lowest BCUT2D eigenvalue weighted by Crippen LogP contribution is -1.90. The van der Waals surface area contributed by atoms with E-state index in [1.165, 1.54) is 0 Å². The Bertz CT molecular complexity index is 79.7. The largest absolute Gasteiger partial charge is 0.324 e. The van der Waals surface area contributed by atoms with Gasteiger partial charge in [0.15, 0.2) is 0 Å². The van der Waals surface area contributed by atoms with Crippen molar-refractivity contribution in [1.82, 2.24) is 0 Å². The molecule has 0 aliphatic rings. The van der Waals surface area contributed by atoms with Crippen LogP contribution in [0.4, 0.5) is 0 Å². The van der Waals surface area contributed by atoms with E-state index >= 15 is 0 Å². The van der Waals surface area contributed by atoms with Crippen molar-refractivity contribution in [3.63, 3.8) is 0 Å². The van der Waals surface area contributed by atoms with Gasteiger partial charge in [0, 0.05) is 6.16 Å². The molecule has 0 aromatic heterocycles. The van der Waals surface area contributed by atoms with Gasteiger partial charge in [-0.05, 0) is 19.2 Å². The number of hydrogen-bond acceptors (Lipinski definition) is 1. The molecule has 0 aromatic rings. The van der Waals surface area contributed by atoms with Gasteiger partial charge in [0.05, 0.1) is 7.14 Å². The van der Waals surface area contributed by atoms with E-state index in [1.54, 1.807) is 0 Å². The molecule has 0 unspecified atom stereocenters. The lowest BCUT2D eigenvalue weighted by molar-refractivity contribution is 0.578. The third-order valence-electron chi connectivity index (χ3n) is 1.56. The summed E-state index contributed by atoms with van der Waals surface area (Å²) in [5.74, 6) is 0. The van der Waals surface area contributed by atoms with Gasteiger partial charge in [-0.1, -0.05) is 13.8 Å². The molecule has 0 saturated heterocycles. The van der Waals surface area contributed by atoms with Crippen molar-refractivity contribution in [2.24, 2.45) is 0 Å². The van der Waals surface area contributed by atoms with Gasteiger partial charge in [-0.3, -0.25) is 0 Å². The molecule has 0 amide bonds. The molecule has 0 atom stereocenters. The van der Waals surface area contributed by atoms with Gasteiger partial charge >= 0.3 is 0 Å². The maximum absolute atomic E-state index is 11.3. The van der Waals surface area contributed by atoms with Crippen LogP contribution >= 0.6 is 7.14 Å². The van der Waals surface area contributed by atoms with E-state index in [0.717, 1.165) is 12.3 Å². The Balaban J connectivity index is 3.79. The van der Waals surface area contributed by atoms with E-state index in [4.69, 9.17) is 0 Å². The summed E-state index contributed by atoms with van der Waals surface area (Å²) in [6.45, 7) is 7.57. The Labute approximate surface area is 51.9 Å².